The number of methoxy groups -OCH3 is 1. The van der Waals surface area contributed by atoms with Gasteiger partial charge in [-0.2, -0.15) is 5.10 Å². The van der Waals surface area contributed by atoms with Crippen LogP contribution < -0.4 is 20.5 Å². The van der Waals surface area contributed by atoms with E-state index in [2.05, 4.69) is 5.32 Å². The number of nitrogens with one attached hydrogen (secondary N) is 1. The SMILES string of the molecule is COc1ccc(C2=NN(C(=O)c3cccc(NC(=O)c4ccc(N)cc4)c3)CCC2)cc1OC1CCCC1. The molecule has 0 aromatic heterocycles. The van der Waals surface area contributed by atoms with Gasteiger partial charge in [-0.25, -0.2) is 5.01 Å². The van der Waals surface area contributed by atoms with Gasteiger partial charge in [0.1, 0.15) is 0 Å². The van der Waals surface area contributed by atoms with E-state index in [1.807, 2.05) is 18.2 Å². The number of amides is 2. The first-order valence-electron chi connectivity index (χ1n) is 13.0. The van der Waals surface area contributed by atoms with E-state index in [1.165, 1.54) is 17.9 Å². The number of carbonyl (C=O) groups excluding carboxylic acids is 2. The lowest BCUT2D eigenvalue weighted by Crippen LogP contribution is -2.32. The highest BCUT2D eigenvalue weighted by Gasteiger charge is 2.23. The van der Waals surface area contributed by atoms with Gasteiger partial charge in [0.25, 0.3) is 11.8 Å². The van der Waals surface area contributed by atoms with Crippen LogP contribution in [0.3, 0.4) is 0 Å². The van der Waals surface area contributed by atoms with E-state index in [0.29, 0.717) is 40.5 Å². The average molecular weight is 513 g/mol. The molecule has 0 bridgehead atoms. The van der Waals surface area contributed by atoms with Crippen LogP contribution in [0, 0.1) is 0 Å². The van der Waals surface area contributed by atoms with E-state index in [1.54, 1.807) is 55.6 Å². The van der Waals surface area contributed by atoms with Crippen LogP contribution in [-0.4, -0.2) is 42.3 Å². The molecule has 38 heavy (non-hydrogen) atoms. The molecule has 196 valence electrons. The predicted octanol–water partition coefficient (Wildman–Crippen LogP) is 5.49. The molecule has 1 fully saturated rings. The smallest absolute Gasteiger partial charge is 0.274 e. The second kappa shape index (κ2) is 11.4. The van der Waals surface area contributed by atoms with Gasteiger partial charge in [-0.05, 0) is 99.2 Å². The Labute approximate surface area is 222 Å². The highest BCUT2D eigenvalue weighted by molar-refractivity contribution is 6.06. The second-order valence-corrected chi connectivity index (χ2v) is 9.63. The summed E-state index contributed by atoms with van der Waals surface area (Å²) in [5.41, 5.74) is 9.50. The minimum Gasteiger partial charge on any atom is -0.493 e. The minimum atomic E-state index is -0.275. The number of anilines is 2. The molecule has 2 aliphatic rings. The summed E-state index contributed by atoms with van der Waals surface area (Å²) >= 11 is 0. The van der Waals surface area contributed by atoms with Gasteiger partial charge < -0.3 is 20.5 Å². The first-order chi connectivity index (χ1) is 18.5. The fourth-order valence-corrected chi connectivity index (χ4v) is 4.84. The zero-order chi connectivity index (χ0) is 26.5. The summed E-state index contributed by atoms with van der Waals surface area (Å²) < 4.78 is 11.8. The van der Waals surface area contributed by atoms with E-state index in [-0.39, 0.29) is 17.9 Å². The molecule has 0 atom stereocenters. The lowest BCUT2D eigenvalue weighted by atomic mass is 10.0. The van der Waals surface area contributed by atoms with Crippen LogP contribution in [0.2, 0.25) is 0 Å². The second-order valence-electron chi connectivity index (χ2n) is 9.63. The summed E-state index contributed by atoms with van der Waals surface area (Å²) in [4.78, 5) is 26.0. The van der Waals surface area contributed by atoms with Crippen molar-refractivity contribution in [2.75, 3.05) is 24.7 Å². The highest BCUT2D eigenvalue weighted by Crippen LogP contribution is 2.33. The van der Waals surface area contributed by atoms with Crippen LogP contribution in [0.25, 0.3) is 0 Å². The Hall–Kier alpha value is -4.33. The first-order valence-corrected chi connectivity index (χ1v) is 13.0. The van der Waals surface area contributed by atoms with E-state index in [9.17, 15) is 9.59 Å². The number of hydrogen-bond acceptors (Lipinski definition) is 6. The molecule has 1 heterocycles. The average Bonchev–Trinajstić information content (AvgIpc) is 3.46. The Morgan fingerprint density at radius 3 is 2.50 bits per heavy atom. The number of nitrogen functional groups attached to an aromatic ring is 1. The summed E-state index contributed by atoms with van der Waals surface area (Å²) in [6.07, 6.45) is 6.23. The van der Waals surface area contributed by atoms with E-state index in [4.69, 9.17) is 20.3 Å². The van der Waals surface area contributed by atoms with E-state index in [0.717, 1.165) is 37.0 Å². The molecule has 1 aliphatic heterocycles. The molecule has 2 amide bonds. The molecule has 8 heteroatoms. The Kier molecular flexibility index (Phi) is 7.58. The molecule has 3 aromatic rings. The molecule has 3 aromatic carbocycles. The molecule has 3 N–H and O–H groups in total. The Morgan fingerprint density at radius 1 is 0.947 bits per heavy atom. The van der Waals surface area contributed by atoms with Crippen molar-refractivity contribution in [2.24, 2.45) is 5.10 Å². The van der Waals surface area contributed by atoms with Crippen LogP contribution in [0.4, 0.5) is 11.4 Å². The summed E-state index contributed by atoms with van der Waals surface area (Å²) in [6.45, 7) is 0.520. The number of carbonyl (C=O) groups is 2. The maximum absolute atomic E-state index is 13.4. The molecule has 0 unspecified atom stereocenters. The lowest BCUT2D eigenvalue weighted by Gasteiger charge is -2.24. The van der Waals surface area contributed by atoms with Gasteiger partial charge in [0.05, 0.1) is 18.9 Å². The molecule has 8 nitrogen and oxygen atoms in total. The van der Waals surface area contributed by atoms with Crippen LogP contribution in [0.1, 0.15) is 64.8 Å². The van der Waals surface area contributed by atoms with Gasteiger partial charge in [0, 0.05) is 34.6 Å². The summed E-state index contributed by atoms with van der Waals surface area (Å²) in [5, 5.41) is 9.05. The summed E-state index contributed by atoms with van der Waals surface area (Å²) in [5.74, 6) is 0.917. The van der Waals surface area contributed by atoms with Gasteiger partial charge in [-0.3, -0.25) is 9.59 Å². The number of hydrogen-bond donors (Lipinski definition) is 2. The largest absolute Gasteiger partial charge is 0.493 e. The maximum Gasteiger partial charge on any atom is 0.274 e. The Balaban J connectivity index is 1.32. The third-order valence-corrected chi connectivity index (χ3v) is 6.89. The van der Waals surface area contributed by atoms with Crippen LogP contribution in [-0.2, 0) is 0 Å². The predicted molar refractivity (Wildman–Crippen MR) is 148 cm³/mol. The normalized spacial score (nSPS) is 15.6. The quantitative estimate of drug-likeness (QED) is 0.407. The standard InChI is InChI=1S/C30H32N4O4/c1-37-27-16-13-21(19-28(27)38-25-8-2-3-9-25)26-10-5-17-34(33-26)30(36)22-6-4-7-24(18-22)32-29(35)20-11-14-23(31)15-12-20/h4,6-7,11-16,18-19,25H,2-3,5,8-10,17,31H2,1H3,(H,32,35). The molecule has 5 rings (SSSR count). The molecule has 0 radical (unpaired) electrons. The number of rotatable bonds is 7. The fourth-order valence-electron chi connectivity index (χ4n) is 4.84. The third-order valence-electron chi connectivity index (χ3n) is 6.89. The number of hydrazone groups is 1. The molecule has 0 saturated heterocycles. The number of benzene rings is 3. The van der Waals surface area contributed by atoms with Crippen LogP contribution in [0.5, 0.6) is 11.5 Å². The monoisotopic (exact) mass is 512 g/mol. The third kappa shape index (κ3) is 5.80. The van der Waals surface area contributed by atoms with Gasteiger partial charge in [0.2, 0.25) is 0 Å². The van der Waals surface area contributed by atoms with Gasteiger partial charge in [-0.1, -0.05) is 6.07 Å². The molecular weight excluding hydrogens is 480 g/mol. The fraction of sp³-hybridized carbons (Fsp3) is 0.300. The van der Waals surface area contributed by atoms with E-state index >= 15 is 0 Å². The van der Waals surface area contributed by atoms with Crippen molar-refractivity contribution in [3.63, 3.8) is 0 Å². The van der Waals surface area contributed by atoms with Crippen molar-refractivity contribution in [1.29, 1.82) is 0 Å². The van der Waals surface area contributed by atoms with Gasteiger partial charge in [0.15, 0.2) is 11.5 Å². The van der Waals surface area contributed by atoms with Crippen molar-refractivity contribution < 1.29 is 19.1 Å². The molecular formula is C30H32N4O4. The molecule has 1 saturated carbocycles. The van der Waals surface area contributed by atoms with Crippen LogP contribution in [0.15, 0.2) is 71.8 Å². The Bertz CT molecular complexity index is 1350. The van der Waals surface area contributed by atoms with Crippen molar-refractivity contribution in [3.05, 3.63) is 83.4 Å². The number of ether oxygens (including phenoxy) is 2. The van der Waals surface area contributed by atoms with Crippen molar-refractivity contribution in [1.82, 2.24) is 5.01 Å². The van der Waals surface area contributed by atoms with Gasteiger partial charge in [-0.15, -0.1) is 0 Å². The summed E-state index contributed by atoms with van der Waals surface area (Å²) in [7, 11) is 1.64. The van der Waals surface area contributed by atoms with Crippen molar-refractivity contribution >= 4 is 28.9 Å². The molecule has 0 spiro atoms. The van der Waals surface area contributed by atoms with Gasteiger partial charge >= 0.3 is 0 Å². The zero-order valence-electron chi connectivity index (χ0n) is 21.5. The van der Waals surface area contributed by atoms with Crippen molar-refractivity contribution in [3.8, 4) is 11.5 Å². The minimum absolute atomic E-state index is 0.207. The zero-order valence-corrected chi connectivity index (χ0v) is 21.5. The molecule has 1 aliphatic carbocycles. The highest BCUT2D eigenvalue weighted by atomic mass is 16.5. The topological polar surface area (TPSA) is 106 Å². The van der Waals surface area contributed by atoms with E-state index < -0.39 is 0 Å². The summed E-state index contributed by atoms with van der Waals surface area (Å²) in [6, 6.07) is 19.4. The van der Waals surface area contributed by atoms with Crippen molar-refractivity contribution in [2.45, 2.75) is 44.6 Å². The Morgan fingerprint density at radius 2 is 1.74 bits per heavy atom. The lowest BCUT2D eigenvalue weighted by molar-refractivity contribution is 0.0751. The van der Waals surface area contributed by atoms with Crippen LogP contribution >= 0.6 is 0 Å². The number of nitrogens with two attached hydrogens (primary N) is 1. The maximum atomic E-state index is 13.4. The number of nitrogens with zero attached hydrogens (tertiary/aromatic N) is 2. The first kappa shape index (κ1) is 25.3.